The van der Waals surface area contributed by atoms with Gasteiger partial charge in [-0.2, -0.15) is 0 Å². The lowest BCUT2D eigenvalue weighted by Gasteiger charge is -2.14. The Balaban J connectivity index is 2.16. The molecule has 0 fully saturated rings. The van der Waals surface area contributed by atoms with Crippen LogP contribution in [0.2, 0.25) is 0 Å². The standard InChI is InChI=1S/C11H12FN3OS/c1-7(14-11-6-13-15-17-11)9-4-3-8(16-2)5-10(9)12/h3-7,14H,1-2H3. The molecular formula is C11H12FN3OS. The highest BCUT2D eigenvalue weighted by molar-refractivity contribution is 7.09. The van der Waals surface area contributed by atoms with E-state index in [9.17, 15) is 4.39 Å². The minimum atomic E-state index is -0.290. The van der Waals surface area contributed by atoms with E-state index >= 15 is 0 Å². The Kier molecular flexibility index (Phi) is 3.53. The van der Waals surface area contributed by atoms with Crippen LogP contribution in [0.25, 0.3) is 0 Å². The quantitative estimate of drug-likeness (QED) is 0.910. The fraction of sp³-hybridized carbons (Fsp3) is 0.273. The summed E-state index contributed by atoms with van der Waals surface area (Å²) in [6.45, 7) is 1.88. The maximum absolute atomic E-state index is 13.8. The van der Waals surface area contributed by atoms with Crippen molar-refractivity contribution in [2.45, 2.75) is 13.0 Å². The van der Waals surface area contributed by atoms with Crippen LogP contribution in [-0.2, 0) is 0 Å². The molecule has 0 radical (unpaired) electrons. The molecule has 4 nitrogen and oxygen atoms in total. The Morgan fingerprint density at radius 2 is 2.29 bits per heavy atom. The van der Waals surface area contributed by atoms with Crippen LogP contribution in [0.1, 0.15) is 18.5 Å². The van der Waals surface area contributed by atoms with Gasteiger partial charge in [0.25, 0.3) is 0 Å². The van der Waals surface area contributed by atoms with Gasteiger partial charge in [0.05, 0.1) is 19.3 Å². The molecule has 2 aromatic rings. The maximum atomic E-state index is 13.8. The Labute approximate surface area is 103 Å². The first-order chi connectivity index (χ1) is 8.20. The van der Waals surface area contributed by atoms with Crippen molar-refractivity contribution in [3.8, 4) is 5.75 Å². The summed E-state index contributed by atoms with van der Waals surface area (Å²) >= 11 is 1.24. The molecule has 1 unspecified atom stereocenters. The van der Waals surface area contributed by atoms with Crippen molar-refractivity contribution in [3.05, 3.63) is 35.8 Å². The predicted molar refractivity (Wildman–Crippen MR) is 64.9 cm³/mol. The number of rotatable bonds is 4. The van der Waals surface area contributed by atoms with E-state index in [0.29, 0.717) is 11.3 Å². The lowest BCUT2D eigenvalue weighted by molar-refractivity contribution is 0.410. The van der Waals surface area contributed by atoms with Crippen molar-refractivity contribution in [2.24, 2.45) is 0 Å². The number of ether oxygens (including phenoxy) is 1. The van der Waals surface area contributed by atoms with Crippen LogP contribution in [0, 0.1) is 5.82 Å². The predicted octanol–water partition coefficient (Wildman–Crippen LogP) is 2.86. The van der Waals surface area contributed by atoms with Crippen molar-refractivity contribution in [3.63, 3.8) is 0 Å². The number of anilines is 1. The van der Waals surface area contributed by atoms with Crippen LogP contribution in [0.4, 0.5) is 9.39 Å². The lowest BCUT2D eigenvalue weighted by atomic mass is 10.1. The highest BCUT2D eigenvalue weighted by atomic mass is 32.1. The summed E-state index contributed by atoms with van der Waals surface area (Å²) in [5.74, 6) is 0.222. The average molecular weight is 253 g/mol. The van der Waals surface area contributed by atoms with Crippen molar-refractivity contribution in [2.75, 3.05) is 12.4 Å². The molecule has 6 heteroatoms. The number of nitrogens with zero attached hydrogens (tertiary/aromatic N) is 2. The van der Waals surface area contributed by atoms with Crippen molar-refractivity contribution in [1.82, 2.24) is 9.59 Å². The summed E-state index contributed by atoms with van der Waals surface area (Å²) in [6.07, 6.45) is 1.61. The molecule has 1 aromatic carbocycles. The van der Waals surface area contributed by atoms with E-state index in [-0.39, 0.29) is 11.9 Å². The second kappa shape index (κ2) is 5.09. The van der Waals surface area contributed by atoms with E-state index in [1.807, 2.05) is 6.92 Å². The third-order valence-corrected chi connectivity index (χ3v) is 2.99. The second-order valence-corrected chi connectivity index (χ2v) is 4.32. The van der Waals surface area contributed by atoms with Gasteiger partial charge < -0.3 is 10.1 Å². The van der Waals surface area contributed by atoms with Crippen LogP contribution < -0.4 is 10.1 Å². The minimum Gasteiger partial charge on any atom is -0.497 e. The van der Waals surface area contributed by atoms with Crippen molar-refractivity contribution in [1.29, 1.82) is 0 Å². The fourth-order valence-corrected chi connectivity index (χ4v) is 2.01. The molecule has 0 aliphatic carbocycles. The van der Waals surface area contributed by atoms with Gasteiger partial charge in [0.2, 0.25) is 0 Å². The summed E-state index contributed by atoms with van der Waals surface area (Å²) < 4.78 is 22.5. The number of aromatic nitrogens is 2. The van der Waals surface area contributed by atoms with Crippen LogP contribution in [0.3, 0.4) is 0 Å². The zero-order valence-corrected chi connectivity index (χ0v) is 10.3. The number of hydrogen-bond acceptors (Lipinski definition) is 5. The van der Waals surface area contributed by atoms with Crippen molar-refractivity contribution < 1.29 is 9.13 Å². The highest BCUT2D eigenvalue weighted by Crippen LogP contribution is 2.25. The van der Waals surface area contributed by atoms with E-state index < -0.39 is 0 Å². The Morgan fingerprint density at radius 1 is 1.47 bits per heavy atom. The second-order valence-electron chi connectivity index (χ2n) is 3.54. The van der Waals surface area contributed by atoms with Gasteiger partial charge in [-0.25, -0.2) is 4.39 Å². The normalized spacial score (nSPS) is 12.2. The first-order valence-electron chi connectivity index (χ1n) is 5.08. The van der Waals surface area contributed by atoms with Gasteiger partial charge in [-0.1, -0.05) is 10.6 Å². The molecule has 0 bridgehead atoms. The summed E-state index contributed by atoms with van der Waals surface area (Å²) in [5.41, 5.74) is 0.583. The van der Waals surface area contributed by atoms with Gasteiger partial charge in [0, 0.05) is 23.2 Å². The Bertz CT molecular complexity index is 489. The molecule has 2 rings (SSSR count). The SMILES string of the molecule is COc1ccc(C(C)Nc2cnns2)c(F)c1. The summed E-state index contributed by atoms with van der Waals surface area (Å²) in [4.78, 5) is 0. The third-order valence-electron chi connectivity index (χ3n) is 2.39. The zero-order valence-electron chi connectivity index (χ0n) is 9.48. The molecule has 1 N–H and O–H groups in total. The zero-order chi connectivity index (χ0) is 12.3. The first kappa shape index (κ1) is 11.8. The van der Waals surface area contributed by atoms with E-state index in [2.05, 4.69) is 14.9 Å². The van der Waals surface area contributed by atoms with Crippen molar-refractivity contribution >= 4 is 16.5 Å². The van der Waals surface area contributed by atoms with Gasteiger partial charge in [-0.15, -0.1) is 5.10 Å². The van der Waals surface area contributed by atoms with Gasteiger partial charge in [-0.3, -0.25) is 0 Å². The van der Waals surface area contributed by atoms with Gasteiger partial charge in [0.1, 0.15) is 16.6 Å². The number of hydrogen-bond donors (Lipinski definition) is 1. The highest BCUT2D eigenvalue weighted by Gasteiger charge is 2.12. The van der Waals surface area contributed by atoms with Crippen LogP contribution in [0.5, 0.6) is 5.75 Å². The van der Waals surface area contributed by atoms with Crippen LogP contribution >= 0.6 is 11.5 Å². The molecular weight excluding hydrogens is 241 g/mol. The summed E-state index contributed by atoms with van der Waals surface area (Å²) in [6, 6.07) is 4.67. The maximum Gasteiger partial charge on any atom is 0.132 e. The van der Waals surface area contributed by atoms with Gasteiger partial charge in [-0.05, 0) is 13.0 Å². The van der Waals surface area contributed by atoms with E-state index in [4.69, 9.17) is 4.74 Å². The molecule has 0 saturated heterocycles. The molecule has 1 heterocycles. The van der Waals surface area contributed by atoms with Gasteiger partial charge in [0.15, 0.2) is 0 Å². The number of methoxy groups -OCH3 is 1. The summed E-state index contributed by atoms with van der Waals surface area (Å²) in [7, 11) is 1.51. The number of benzene rings is 1. The molecule has 1 atom stereocenters. The fourth-order valence-electron chi connectivity index (χ4n) is 1.51. The summed E-state index contributed by atoms with van der Waals surface area (Å²) in [5, 5.41) is 7.65. The smallest absolute Gasteiger partial charge is 0.132 e. The topological polar surface area (TPSA) is 47.0 Å². The third kappa shape index (κ3) is 2.71. The molecule has 0 saturated carbocycles. The van der Waals surface area contributed by atoms with E-state index in [0.717, 1.165) is 5.00 Å². The lowest BCUT2D eigenvalue weighted by Crippen LogP contribution is -2.07. The molecule has 0 amide bonds. The minimum absolute atomic E-state index is 0.150. The van der Waals surface area contributed by atoms with Crippen LogP contribution in [-0.4, -0.2) is 16.7 Å². The van der Waals surface area contributed by atoms with E-state index in [1.54, 1.807) is 18.3 Å². The first-order valence-corrected chi connectivity index (χ1v) is 5.85. The largest absolute Gasteiger partial charge is 0.497 e. The molecule has 90 valence electrons. The average Bonchev–Trinajstić information content (AvgIpc) is 2.81. The molecule has 17 heavy (non-hydrogen) atoms. The van der Waals surface area contributed by atoms with Crippen LogP contribution in [0.15, 0.2) is 24.4 Å². The molecule has 1 aromatic heterocycles. The Morgan fingerprint density at radius 3 is 2.88 bits per heavy atom. The monoisotopic (exact) mass is 253 g/mol. The molecule has 0 aliphatic rings. The van der Waals surface area contributed by atoms with Gasteiger partial charge >= 0.3 is 0 Å². The van der Waals surface area contributed by atoms with E-state index in [1.165, 1.54) is 24.7 Å². The Hall–Kier alpha value is -1.69. The molecule has 0 aliphatic heterocycles. The molecule has 0 spiro atoms. The number of halogens is 1. The number of nitrogens with one attached hydrogen (secondary N) is 1.